The van der Waals surface area contributed by atoms with Crippen LogP contribution in [0.3, 0.4) is 0 Å². The molecule has 0 spiro atoms. The first-order valence-corrected chi connectivity index (χ1v) is 4.52. The second-order valence-corrected chi connectivity index (χ2v) is 4.37. The monoisotopic (exact) mass is 169 g/mol. The summed E-state index contributed by atoms with van der Waals surface area (Å²) in [5.74, 6) is 0.499. The highest BCUT2D eigenvalue weighted by Gasteiger charge is 2.23. The van der Waals surface area contributed by atoms with Crippen LogP contribution < -0.4 is 0 Å². The average molecular weight is 169 g/mol. The van der Waals surface area contributed by atoms with E-state index in [4.69, 9.17) is 0 Å². The summed E-state index contributed by atoms with van der Waals surface area (Å²) in [7, 11) is 0. The van der Waals surface area contributed by atoms with Gasteiger partial charge in [-0.3, -0.25) is 0 Å². The fraction of sp³-hybridized carbons (Fsp3) is 0.727. The van der Waals surface area contributed by atoms with Crippen molar-refractivity contribution >= 4 is 0 Å². The van der Waals surface area contributed by atoms with E-state index in [9.17, 15) is 5.11 Å². The van der Waals surface area contributed by atoms with Gasteiger partial charge in [0, 0.05) is 0 Å². The van der Waals surface area contributed by atoms with E-state index >= 15 is 0 Å². The Kier molecular flexibility index (Phi) is 4.54. The van der Waals surface area contributed by atoms with Crippen molar-refractivity contribution in [3.8, 4) is 0 Å². The van der Waals surface area contributed by atoms with Crippen molar-refractivity contribution in [2.75, 3.05) is 0 Å². The quantitative estimate of drug-likeness (QED) is 0.627. The second kappa shape index (κ2) is 4.66. The zero-order valence-corrected chi connectivity index (χ0v) is 8.51. The third-order valence-corrected chi connectivity index (χ3v) is 2.10. The van der Waals surface area contributed by atoms with Crippen LogP contribution in [0.4, 0.5) is 0 Å². The predicted octanol–water partition coefficient (Wildman–Crippen LogP) is 2.81. The van der Waals surface area contributed by atoms with E-state index in [-0.39, 0.29) is 11.5 Å². The molecule has 2 atom stereocenters. The first-order chi connectivity index (χ1) is 5.38. The number of allylic oxidation sites excluding steroid dienone is 1. The fourth-order valence-electron chi connectivity index (χ4n) is 1.08. The van der Waals surface area contributed by atoms with Gasteiger partial charge in [-0.05, 0) is 31.1 Å². The summed E-state index contributed by atoms with van der Waals surface area (Å²) in [5, 5.41) is 9.69. The molecule has 1 heteroatoms. The van der Waals surface area contributed by atoms with Crippen molar-refractivity contribution in [3.05, 3.63) is 19.6 Å². The van der Waals surface area contributed by atoms with Gasteiger partial charge in [0.15, 0.2) is 0 Å². The maximum atomic E-state index is 9.69. The summed E-state index contributed by atoms with van der Waals surface area (Å²) >= 11 is 0. The predicted molar refractivity (Wildman–Crippen MR) is 53.7 cm³/mol. The molecule has 0 aliphatic rings. The van der Waals surface area contributed by atoms with Crippen molar-refractivity contribution < 1.29 is 5.11 Å². The van der Waals surface area contributed by atoms with E-state index in [2.05, 4.69) is 20.4 Å². The van der Waals surface area contributed by atoms with Gasteiger partial charge in [0.25, 0.3) is 0 Å². The van der Waals surface area contributed by atoms with E-state index in [0.29, 0.717) is 5.92 Å². The average Bonchev–Trinajstić information content (AvgIpc) is 1.85. The highest BCUT2D eigenvalue weighted by atomic mass is 16.3. The highest BCUT2D eigenvalue weighted by Crippen LogP contribution is 2.25. The van der Waals surface area contributed by atoms with Crippen LogP contribution in [0, 0.1) is 18.3 Å². The molecule has 1 nitrogen and oxygen atoms in total. The van der Waals surface area contributed by atoms with Gasteiger partial charge in [0.2, 0.25) is 0 Å². The summed E-state index contributed by atoms with van der Waals surface area (Å²) < 4.78 is 0. The van der Waals surface area contributed by atoms with Gasteiger partial charge >= 0.3 is 0 Å². The van der Waals surface area contributed by atoms with Gasteiger partial charge in [-0.1, -0.05) is 26.8 Å². The molecule has 0 aromatic rings. The number of rotatable bonds is 5. The lowest BCUT2D eigenvalue weighted by atomic mass is 9.83. The summed E-state index contributed by atoms with van der Waals surface area (Å²) in [5.41, 5.74) is -0.241. The molecule has 0 rings (SSSR count). The molecule has 0 amide bonds. The Balaban J connectivity index is 3.83. The van der Waals surface area contributed by atoms with Crippen LogP contribution >= 0.6 is 0 Å². The number of hydrogen-bond donors (Lipinski definition) is 1. The lowest BCUT2D eigenvalue weighted by Crippen LogP contribution is -2.28. The zero-order valence-electron chi connectivity index (χ0n) is 8.51. The minimum atomic E-state index is -0.313. The topological polar surface area (TPSA) is 20.2 Å². The summed E-state index contributed by atoms with van der Waals surface area (Å²) in [6.07, 6.45) is 3.36. The molecular formula is C11H21O. The Bertz CT molecular complexity index is 132. The third kappa shape index (κ3) is 4.55. The fourth-order valence-corrected chi connectivity index (χ4v) is 1.08. The van der Waals surface area contributed by atoms with Crippen LogP contribution in [0.5, 0.6) is 0 Å². The number of aliphatic hydroxyl groups excluding tert-OH is 1. The van der Waals surface area contributed by atoms with Crippen LogP contribution in [0.1, 0.15) is 33.6 Å². The molecule has 0 aromatic heterocycles. The molecule has 1 radical (unpaired) electrons. The van der Waals surface area contributed by atoms with Crippen molar-refractivity contribution in [2.24, 2.45) is 11.3 Å². The van der Waals surface area contributed by atoms with E-state index in [0.717, 1.165) is 12.8 Å². The number of hydrogen-bond acceptors (Lipinski definition) is 1. The Morgan fingerprint density at radius 2 is 2.00 bits per heavy atom. The molecule has 0 heterocycles. The molecule has 0 saturated heterocycles. The number of aliphatic hydroxyl groups is 1. The van der Waals surface area contributed by atoms with E-state index in [1.807, 2.05) is 19.9 Å². The molecule has 1 N–H and O–H groups in total. The molecule has 0 aliphatic carbocycles. The van der Waals surface area contributed by atoms with Gasteiger partial charge < -0.3 is 5.11 Å². The molecule has 0 saturated carbocycles. The maximum Gasteiger partial charge on any atom is 0.0593 e. The Morgan fingerprint density at radius 3 is 2.33 bits per heavy atom. The molecule has 0 bridgehead atoms. The van der Waals surface area contributed by atoms with Crippen molar-refractivity contribution in [1.82, 2.24) is 0 Å². The lowest BCUT2D eigenvalue weighted by Gasteiger charge is -2.27. The van der Waals surface area contributed by atoms with Crippen LogP contribution in [0.25, 0.3) is 0 Å². The standard InChI is InChI=1S/C11H21O/c1-6-7-9(2)8-10(12)11(3,4)5/h6,9-10,12H,1,3,7-8H2,2,4-5H3/t9-,10-/m0/s1. The van der Waals surface area contributed by atoms with Gasteiger partial charge in [0.05, 0.1) is 6.10 Å². The molecule has 0 aromatic carbocycles. The normalized spacial score (nSPS) is 17.1. The SMILES string of the molecule is [CH2]C(C)(C)[C@@H](O)C[C@@H](C)CC=C. The Hall–Kier alpha value is -0.300. The lowest BCUT2D eigenvalue weighted by molar-refractivity contribution is 0.0590. The molecule has 0 fully saturated rings. The summed E-state index contributed by atoms with van der Waals surface area (Å²) in [6, 6.07) is 0. The van der Waals surface area contributed by atoms with Crippen LogP contribution in [0.15, 0.2) is 12.7 Å². The zero-order chi connectivity index (χ0) is 9.78. The van der Waals surface area contributed by atoms with Crippen molar-refractivity contribution in [1.29, 1.82) is 0 Å². The van der Waals surface area contributed by atoms with E-state index in [1.54, 1.807) is 0 Å². The van der Waals surface area contributed by atoms with Gasteiger partial charge in [-0.15, -0.1) is 6.58 Å². The molecule has 71 valence electrons. The smallest absolute Gasteiger partial charge is 0.0593 e. The van der Waals surface area contributed by atoms with Crippen LogP contribution in [-0.4, -0.2) is 11.2 Å². The second-order valence-electron chi connectivity index (χ2n) is 4.37. The largest absolute Gasteiger partial charge is 0.393 e. The van der Waals surface area contributed by atoms with Crippen LogP contribution in [-0.2, 0) is 0 Å². The molecular weight excluding hydrogens is 148 g/mol. The van der Waals surface area contributed by atoms with E-state index in [1.165, 1.54) is 0 Å². The maximum absolute atomic E-state index is 9.69. The Labute approximate surface area is 76.5 Å². The summed E-state index contributed by atoms with van der Waals surface area (Å²) in [4.78, 5) is 0. The van der Waals surface area contributed by atoms with Crippen LogP contribution in [0.2, 0.25) is 0 Å². The van der Waals surface area contributed by atoms with Crippen molar-refractivity contribution in [2.45, 2.75) is 39.7 Å². The first kappa shape index (κ1) is 11.7. The minimum Gasteiger partial charge on any atom is -0.393 e. The van der Waals surface area contributed by atoms with Gasteiger partial charge in [0.1, 0.15) is 0 Å². The van der Waals surface area contributed by atoms with Crippen molar-refractivity contribution in [3.63, 3.8) is 0 Å². The molecule has 0 aliphatic heterocycles. The van der Waals surface area contributed by atoms with E-state index < -0.39 is 0 Å². The summed E-state index contributed by atoms with van der Waals surface area (Å²) in [6.45, 7) is 13.6. The van der Waals surface area contributed by atoms with Gasteiger partial charge in [-0.25, -0.2) is 0 Å². The third-order valence-electron chi connectivity index (χ3n) is 2.10. The first-order valence-electron chi connectivity index (χ1n) is 4.52. The highest BCUT2D eigenvalue weighted by molar-refractivity contribution is 4.82. The molecule has 12 heavy (non-hydrogen) atoms. The minimum absolute atomic E-state index is 0.241. The Morgan fingerprint density at radius 1 is 1.50 bits per heavy atom. The molecule has 0 unspecified atom stereocenters. The van der Waals surface area contributed by atoms with Gasteiger partial charge in [-0.2, -0.15) is 0 Å².